The molecule has 0 spiro atoms. The van der Waals surface area contributed by atoms with Crippen LogP contribution >= 0.6 is 0 Å². The SMILES string of the molecule is CN=C(Nc1cccc(C)c1)N(C)c1cccc2ccccc12. The van der Waals surface area contributed by atoms with Crippen molar-refractivity contribution in [2.75, 3.05) is 24.3 Å². The molecule has 3 aromatic rings. The van der Waals surface area contributed by atoms with Crippen molar-refractivity contribution in [2.24, 2.45) is 4.99 Å². The number of aliphatic imine (C=N–C) groups is 1. The van der Waals surface area contributed by atoms with E-state index in [4.69, 9.17) is 0 Å². The number of rotatable bonds is 2. The lowest BCUT2D eigenvalue weighted by atomic mass is 10.1. The summed E-state index contributed by atoms with van der Waals surface area (Å²) in [6.45, 7) is 2.09. The third-order valence-corrected chi connectivity index (χ3v) is 3.93. The monoisotopic (exact) mass is 303 g/mol. The molecule has 3 heteroatoms. The molecule has 0 amide bonds. The standard InChI is InChI=1S/C20H21N3/c1-15-8-6-11-17(14-15)22-20(21-2)23(3)19-13-7-10-16-9-4-5-12-18(16)19/h4-14H,1-3H3,(H,21,22). The van der Waals surface area contributed by atoms with Crippen molar-refractivity contribution in [2.45, 2.75) is 6.92 Å². The number of fused-ring (bicyclic) bond motifs is 1. The van der Waals surface area contributed by atoms with Crippen molar-refractivity contribution in [3.63, 3.8) is 0 Å². The summed E-state index contributed by atoms with van der Waals surface area (Å²) < 4.78 is 0. The molecule has 0 saturated heterocycles. The van der Waals surface area contributed by atoms with Gasteiger partial charge in [0.15, 0.2) is 0 Å². The van der Waals surface area contributed by atoms with Crippen LogP contribution in [0.4, 0.5) is 11.4 Å². The molecule has 0 aliphatic rings. The van der Waals surface area contributed by atoms with Crippen molar-refractivity contribution in [3.05, 3.63) is 72.3 Å². The van der Waals surface area contributed by atoms with Gasteiger partial charge in [0.05, 0.1) is 5.69 Å². The molecule has 0 saturated carbocycles. The van der Waals surface area contributed by atoms with Crippen LogP contribution < -0.4 is 10.2 Å². The molecule has 0 radical (unpaired) electrons. The first kappa shape index (κ1) is 15.1. The molecule has 0 unspecified atom stereocenters. The van der Waals surface area contributed by atoms with Crippen molar-refractivity contribution >= 4 is 28.1 Å². The largest absolute Gasteiger partial charge is 0.326 e. The third kappa shape index (κ3) is 3.19. The molecule has 116 valence electrons. The van der Waals surface area contributed by atoms with Crippen LogP contribution in [-0.4, -0.2) is 20.1 Å². The molecule has 23 heavy (non-hydrogen) atoms. The van der Waals surface area contributed by atoms with E-state index in [0.29, 0.717) is 0 Å². The van der Waals surface area contributed by atoms with Crippen LogP contribution in [0.15, 0.2) is 71.7 Å². The minimum absolute atomic E-state index is 0.812. The minimum Gasteiger partial charge on any atom is -0.326 e. The lowest BCUT2D eigenvalue weighted by Crippen LogP contribution is -2.33. The zero-order valence-electron chi connectivity index (χ0n) is 13.7. The Morgan fingerprint density at radius 3 is 2.48 bits per heavy atom. The fourth-order valence-corrected chi connectivity index (χ4v) is 2.76. The molecular weight excluding hydrogens is 282 g/mol. The number of nitrogens with zero attached hydrogens (tertiary/aromatic N) is 2. The number of nitrogens with one attached hydrogen (secondary N) is 1. The van der Waals surface area contributed by atoms with Crippen molar-refractivity contribution in [1.29, 1.82) is 0 Å². The van der Waals surface area contributed by atoms with E-state index in [1.165, 1.54) is 16.3 Å². The molecule has 3 nitrogen and oxygen atoms in total. The second-order valence-corrected chi connectivity index (χ2v) is 5.60. The van der Waals surface area contributed by atoms with Crippen LogP contribution in [0.1, 0.15) is 5.56 Å². The number of guanidine groups is 1. The molecule has 0 atom stereocenters. The maximum absolute atomic E-state index is 4.43. The average Bonchev–Trinajstić information content (AvgIpc) is 2.58. The van der Waals surface area contributed by atoms with Crippen LogP contribution in [0.2, 0.25) is 0 Å². The first-order valence-electron chi connectivity index (χ1n) is 7.71. The van der Waals surface area contributed by atoms with E-state index in [-0.39, 0.29) is 0 Å². The summed E-state index contributed by atoms with van der Waals surface area (Å²) in [7, 11) is 3.84. The highest BCUT2D eigenvalue weighted by Gasteiger charge is 2.11. The normalized spacial score (nSPS) is 11.5. The minimum atomic E-state index is 0.812. The van der Waals surface area contributed by atoms with Gasteiger partial charge in [-0.25, -0.2) is 0 Å². The number of anilines is 2. The molecule has 0 aliphatic carbocycles. The summed E-state index contributed by atoms with van der Waals surface area (Å²) in [5, 5.41) is 5.85. The van der Waals surface area contributed by atoms with Gasteiger partial charge in [-0.3, -0.25) is 4.99 Å². The average molecular weight is 303 g/mol. The Bertz CT molecular complexity index is 847. The second-order valence-electron chi connectivity index (χ2n) is 5.60. The lowest BCUT2D eigenvalue weighted by Gasteiger charge is -2.23. The third-order valence-electron chi connectivity index (χ3n) is 3.93. The van der Waals surface area contributed by atoms with Crippen LogP contribution in [-0.2, 0) is 0 Å². The Balaban J connectivity index is 1.95. The molecule has 3 aromatic carbocycles. The van der Waals surface area contributed by atoms with Crippen molar-refractivity contribution < 1.29 is 0 Å². The van der Waals surface area contributed by atoms with Gasteiger partial charge in [-0.05, 0) is 36.1 Å². The first-order valence-corrected chi connectivity index (χ1v) is 7.71. The van der Waals surface area contributed by atoms with Gasteiger partial charge in [0.2, 0.25) is 5.96 Å². The summed E-state index contributed by atoms with van der Waals surface area (Å²) in [4.78, 5) is 6.52. The highest BCUT2D eigenvalue weighted by molar-refractivity contribution is 6.09. The fraction of sp³-hybridized carbons (Fsp3) is 0.150. The molecule has 1 N–H and O–H groups in total. The van der Waals surface area contributed by atoms with Gasteiger partial charge in [0, 0.05) is 25.2 Å². The van der Waals surface area contributed by atoms with Gasteiger partial charge in [0.25, 0.3) is 0 Å². The highest BCUT2D eigenvalue weighted by atomic mass is 15.3. The number of aryl methyl sites for hydroxylation is 1. The summed E-state index contributed by atoms with van der Waals surface area (Å²) in [6.07, 6.45) is 0. The Morgan fingerprint density at radius 2 is 1.70 bits per heavy atom. The molecule has 3 rings (SSSR count). The van der Waals surface area contributed by atoms with Gasteiger partial charge in [0.1, 0.15) is 0 Å². The predicted octanol–water partition coefficient (Wildman–Crippen LogP) is 4.68. The number of benzene rings is 3. The summed E-state index contributed by atoms with van der Waals surface area (Å²) in [5.74, 6) is 0.812. The predicted molar refractivity (Wildman–Crippen MR) is 101 cm³/mol. The van der Waals surface area contributed by atoms with E-state index in [1.54, 1.807) is 7.05 Å². The molecule has 0 aliphatic heterocycles. The molecule has 0 aromatic heterocycles. The van der Waals surface area contributed by atoms with Crippen LogP contribution in [0.25, 0.3) is 10.8 Å². The molecule has 0 fully saturated rings. The molecular formula is C20H21N3. The van der Waals surface area contributed by atoms with Crippen LogP contribution in [0.5, 0.6) is 0 Å². The zero-order chi connectivity index (χ0) is 16.2. The summed E-state index contributed by atoms with van der Waals surface area (Å²) in [5.41, 5.74) is 3.39. The van der Waals surface area contributed by atoms with Gasteiger partial charge < -0.3 is 10.2 Å². The molecule has 0 heterocycles. The maximum Gasteiger partial charge on any atom is 0.202 e. The second kappa shape index (κ2) is 6.53. The number of hydrogen-bond acceptors (Lipinski definition) is 1. The van der Waals surface area contributed by atoms with Gasteiger partial charge in [-0.15, -0.1) is 0 Å². The Hall–Kier alpha value is -2.81. The van der Waals surface area contributed by atoms with Gasteiger partial charge >= 0.3 is 0 Å². The van der Waals surface area contributed by atoms with Crippen LogP contribution in [0.3, 0.4) is 0 Å². The van der Waals surface area contributed by atoms with Gasteiger partial charge in [-0.1, -0.05) is 48.5 Å². The zero-order valence-corrected chi connectivity index (χ0v) is 13.7. The summed E-state index contributed by atoms with van der Waals surface area (Å²) in [6, 6.07) is 23.0. The quantitative estimate of drug-likeness (QED) is 0.550. The first-order chi connectivity index (χ1) is 11.2. The van der Waals surface area contributed by atoms with Gasteiger partial charge in [-0.2, -0.15) is 0 Å². The molecule has 0 bridgehead atoms. The van der Waals surface area contributed by atoms with Crippen LogP contribution in [0, 0.1) is 6.92 Å². The van der Waals surface area contributed by atoms with E-state index in [2.05, 4.69) is 82.8 Å². The Labute approximate surface area is 137 Å². The highest BCUT2D eigenvalue weighted by Crippen LogP contribution is 2.26. The smallest absolute Gasteiger partial charge is 0.202 e. The fourth-order valence-electron chi connectivity index (χ4n) is 2.76. The van der Waals surface area contributed by atoms with E-state index in [9.17, 15) is 0 Å². The van der Waals surface area contributed by atoms with Crippen molar-refractivity contribution in [1.82, 2.24) is 0 Å². The Kier molecular flexibility index (Phi) is 4.29. The Morgan fingerprint density at radius 1 is 0.957 bits per heavy atom. The van der Waals surface area contributed by atoms with Crippen molar-refractivity contribution in [3.8, 4) is 0 Å². The van der Waals surface area contributed by atoms with E-state index in [1.807, 2.05) is 13.1 Å². The summed E-state index contributed by atoms with van der Waals surface area (Å²) >= 11 is 0. The maximum atomic E-state index is 4.43. The van der Waals surface area contributed by atoms with E-state index < -0.39 is 0 Å². The van der Waals surface area contributed by atoms with E-state index >= 15 is 0 Å². The number of hydrogen-bond donors (Lipinski definition) is 1. The van der Waals surface area contributed by atoms with E-state index in [0.717, 1.165) is 17.3 Å². The topological polar surface area (TPSA) is 27.6 Å². The lowest BCUT2D eigenvalue weighted by molar-refractivity contribution is 1.23.